The number of aryl methyl sites for hydroxylation is 4. The van der Waals surface area contributed by atoms with Crippen molar-refractivity contribution in [1.29, 1.82) is 0 Å². The van der Waals surface area contributed by atoms with Crippen LogP contribution in [0.15, 0.2) is 130 Å². The molecule has 0 fully saturated rings. The SMILES string of the molecule is Cc1ccc(C2=C(c3ccc(C)cc3)SC(=Cc3ccc(C=C4SC(c5ccc(C)cc5)=C(c5ccc(C)cc5)S4)cc3)S2)cc1. The van der Waals surface area contributed by atoms with E-state index in [1.807, 2.05) is 47.0 Å². The molecule has 0 radical (unpaired) electrons. The Hall–Kier alpha value is -3.54. The predicted octanol–water partition coefficient (Wildman–Crippen LogP) is 13.5. The summed E-state index contributed by atoms with van der Waals surface area (Å²) in [5, 5.41) is 0. The van der Waals surface area contributed by atoms with Gasteiger partial charge >= 0.3 is 0 Å². The number of hydrogen-bond acceptors (Lipinski definition) is 4. The van der Waals surface area contributed by atoms with Crippen LogP contribution >= 0.6 is 47.0 Å². The molecule has 0 atom stereocenters. The van der Waals surface area contributed by atoms with Crippen LogP contribution in [0.5, 0.6) is 0 Å². The number of benzene rings is 5. The average Bonchev–Trinajstić information content (AvgIpc) is 3.68. The molecule has 0 N–H and O–H groups in total. The van der Waals surface area contributed by atoms with Crippen molar-refractivity contribution in [2.75, 3.05) is 0 Å². The molecule has 226 valence electrons. The maximum Gasteiger partial charge on any atom is 0.0505 e. The second kappa shape index (κ2) is 13.7. The van der Waals surface area contributed by atoms with Gasteiger partial charge in [-0.1, -0.05) is 191 Å². The van der Waals surface area contributed by atoms with Crippen molar-refractivity contribution in [3.05, 3.63) is 185 Å². The van der Waals surface area contributed by atoms with Gasteiger partial charge in [-0.2, -0.15) is 0 Å². The molecule has 0 unspecified atom stereocenters. The molecule has 0 amide bonds. The molecule has 7 rings (SSSR count). The highest BCUT2D eigenvalue weighted by Crippen LogP contribution is 2.59. The molecule has 0 nitrogen and oxygen atoms in total. The van der Waals surface area contributed by atoms with Crippen LogP contribution in [0.3, 0.4) is 0 Å². The Kier molecular flexibility index (Phi) is 9.24. The van der Waals surface area contributed by atoms with E-state index >= 15 is 0 Å². The lowest BCUT2D eigenvalue weighted by Crippen LogP contribution is -1.84. The summed E-state index contributed by atoms with van der Waals surface area (Å²) >= 11 is 7.52. The molecular formula is C42H34S4. The Morgan fingerprint density at radius 2 is 0.522 bits per heavy atom. The Bertz CT molecular complexity index is 1740. The van der Waals surface area contributed by atoms with E-state index in [1.54, 1.807) is 0 Å². The molecule has 2 aliphatic heterocycles. The van der Waals surface area contributed by atoms with E-state index in [0.717, 1.165) is 0 Å². The van der Waals surface area contributed by atoms with Gasteiger partial charge in [-0.15, -0.1) is 0 Å². The summed E-state index contributed by atoms with van der Waals surface area (Å²) in [5.41, 5.74) is 12.7. The minimum absolute atomic E-state index is 1.22. The van der Waals surface area contributed by atoms with Crippen molar-refractivity contribution >= 4 is 78.8 Å². The fourth-order valence-corrected chi connectivity index (χ4v) is 10.6. The van der Waals surface area contributed by atoms with Gasteiger partial charge in [-0.3, -0.25) is 0 Å². The summed E-state index contributed by atoms with van der Waals surface area (Å²) in [5.74, 6) is 0. The van der Waals surface area contributed by atoms with Crippen molar-refractivity contribution in [1.82, 2.24) is 0 Å². The Morgan fingerprint density at radius 1 is 0.304 bits per heavy atom. The van der Waals surface area contributed by atoms with Gasteiger partial charge in [-0.25, -0.2) is 0 Å². The van der Waals surface area contributed by atoms with E-state index in [2.05, 4.69) is 161 Å². The molecule has 0 saturated carbocycles. The van der Waals surface area contributed by atoms with Crippen molar-refractivity contribution in [2.24, 2.45) is 0 Å². The summed E-state index contributed by atoms with van der Waals surface area (Å²) < 4.78 is 2.60. The molecule has 0 saturated heterocycles. The average molecular weight is 667 g/mol. The molecule has 0 aromatic heterocycles. The topological polar surface area (TPSA) is 0 Å². The molecule has 5 aromatic carbocycles. The van der Waals surface area contributed by atoms with Crippen molar-refractivity contribution in [3.8, 4) is 0 Å². The fraction of sp³-hybridized carbons (Fsp3) is 0.0952. The van der Waals surface area contributed by atoms with Crippen molar-refractivity contribution in [3.63, 3.8) is 0 Å². The second-order valence-corrected chi connectivity index (χ2v) is 16.5. The Morgan fingerprint density at radius 3 is 0.739 bits per heavy atom. The van der Waals surface area contributed by atoms with Gasteiger partial charge in [-0.05, 0) is 73.2 Å². The molecule has 2 aliphatic rings. The third-order valence-corrected chi connectivity index (χ3v) is 13.1. The van der Waals surface area contributed by atoms with E-state index in [1.165, 1.54) is 83.7 Å². The van der Waals surface area contributed by atoms with E-state index < -0.39 is 0 Å². The largest absolute Gasteiger partial charge is 0.0809 e. The second-order valence-electron chi connectivity index (χ2n) is 11.8. The monoisotopic (exact) mass is 666 g/mol. The Labute approximate surface area is 290 Å². The van der Waals surface area contributed by atoms with Gasteiger partial charge in [0.2, 0.25) is 0 Å². The summed E-state index contributed by atoms with van der Waals surface area (Å²) in [4.78, 5) is 5.33. The molecule has 46 heavy (non-hydrogen) atoms. The normalized spacial score (nSPS) is 14.8. The summed E-state index contributed by atoms with van der Waals surface area (Å²) in [7, 11) is 0. The van der Waals surface area contributed by atoms with Crippen LogP contribution in [0.2, 0.25) is 0 Å². The highest BCUT2D eigenvalue weighted by atomic mass is 32.2. The highest BCUT2D eigenvalue weighted by molar-refractivity contribution is 8.35. The molecule has 0 spiro atoms. The van der Waals surface area contributed by atoms with E-state index in [-0.39, 0.29) is 0 Å². The first kappa shape index (κ1) is 31.1. The smallest absolute Gasteiger partial charge is 0.0505 e. The van der Waals surface area contributed by atoms with Crippen molar-refractivity contribution < 1.29 is 0 Å². The van der Waals surface area contributed by atoms with Crippen LogP contribution in [0.25, 0.3) is 31.8 Å². The van der Waals surface area contributed by atoms with E-state index in [0.29, 0.717) is 0 Å². The van der Waals surface area contributed by atoms with Gasteiger partial charge in [0.1, 0.15) is 0 Å². The molecule has 4 heteroatoms. The van der Waals surface area contributed by atoms with Gasteiger partial charge in [0.15, 0.2) is 0 Å². The zero-order chi connectivity index (χ0) is 31.6. The quantitative estimate of drug-likeness (QED) is 0.177. The van der Waals surface area contributed by atoms with Crippen LogP contribution in [-0.4, -0.2) is 0 Å². The van der Waals surface area contributed by atoms with Crippen LogP contribution in [0.1, 0.15) is 55.6 Å². The fourth-order valence-electron chi connectivity index (χ4n) is 5.29. The number of thioether (sulfide) groups is 4. The first-order chi connectivity index (χ1) is 22.4. The van der Waals surface area contributed by atoms with Crippen LogP contribution < -0.4 is 0 Å². The third kappa shape index (κ3) is 7.06. The first-order valence-corrected chi connectivity index (χ1v) is 18.7. The molecule has 0 bridgehead atoms. The lowest BCUT2D eigenvalue weighted by Gasteiger charge is -2.07. The standard InChI is InChI=1S/C42H34S4/c1-27-5-17-33(18-6-27)39-40(34-19-7-28(2)8-20-34)44-37(43-39)25-31-13-15-32(16-14-31)26-38-45-41(35-21-9-29(3)10-22-35)42(46-38)36-23-11-30(4)12-24-36/h5-26H,1-4H3. The first-order valence-electron chi connectivity index (χ1n) is 15.4. The maximum atomic E-state index is 2.33. The minimum atomic E-state index is 1.22. The maximum absolute atomic E-state index is 2.33. The number of rotatable bonds is 6. The lowest BCUT2D eigenvalue weighted by molar-refractivity contribution is 1.46. The van der Waals surface area contributed by atoms with Crippen LogP contribution in [0.4, 0.5) is 0 Å². The van der Waals surface area contributed by atoms with Gasteiger partial charge in [0.25, 0.3) is 0 Å². The molecule has 0 aliphatic carbocycles. The van der Waals surface area contributed by atoms with Gasteiger partial charge in [0, 0.05) is 19.6 Å². The van der Waals surface area contributed by atoms with Crippen molar-refractivity contribution in [2.45, 2.75) is 27.7 Å². The summed E-state index contributed by atoms with van der Waals surface area (Å²) in [6, 6.07) is 44.6. The predicted molar refractivity (Wildman–Crippen MR) is 211 cm³/mol. The van der Waals surface area contributed by atoms with Gasteiger partial charge in [0.05, 0.1) is 8.47 Å². The lowest BCUT2D eigenvalue weighted by atomic mass is 10.1. The number of hydrogen-bond donors (Lipinski definition) is 0. The highest BCUT2D eigenvalue weighted by Gasteiger charge is 2.25. The Balaban J connectivity index is 1.12. The van der Waals surface area contributed by atoms with Gasteiger partial charge < -0.3 is 0 Å². The molecular weight excluding hydrogens is 633 g/mol. The molecule has 5 aromatic rings. The van der Waals surface area contributed by atoms with E-state index in [9.17, 15) is 0 Å². The van der Waals surface area contributed by atoms with Crippen LogP contribution in [0, 0.1) is 27.7 Å². The summed E-state index contributed by atoms with van der Waals surface area (Å²) in [6.07, 6.45) is 4.65. The van der Waals surface area contributed by atoms with E-state index in [4.69, 9.17) is 0 Å². The summed E-state index contributed by atoms with van der Waals surface area (Å²) in [6.45, 7) is 8.58. The zero-order valence-electron chi connectivity index (χ0n) is 26.3. The zero-order valence-corrected chi connectivity index (χ0v) is 29.6. The molecule has 2 heterocycles. The van der Waals surface area contributed by atoms with Crippen LogP contribution in [-0.2, 0) is 0 Å². The minimum Gasteiger partial charge on any atom is -0.0809 e. The third-order valence-electron chi connectivity index (χ3n) is 7.98.